The molecule has 0 unspecified atom stereocenters. The van der Waals surface area contributed by atoms with E-state index in [4.69, 9.17) is 0 Å². The summed E-state index contributed by atoms with van der Waals surface area (Å²) in [7, 11) is 3.09. The molecule has 1 aliphatic rings. The first kappa shape index (κ1) is 15.9. The highest BCUT2D eigenvalue weighted by molar-refractivity contribution is 7.99. The molecule has 0 bridgehead atoms. The van der Waals surface area contributed by atoms with Gasteiger partial charge < -0.3 is 5.32 Å². The van der Waals surface area contributed by atoms with Gasteiger partial charge in [0.05, 0.1) is 5.75 Å². The van der Waals surface area contributed by atoms with Crippen molar-refractivity contribution >= 4 is 17.7 Å². The number of nitrogens with one attached hydrogen (secondary N) is 1. The summed E-state index contributed by atoms with van der Waals surface area (Å²) in [4.78, 5) is 35.2. The van der Waals surface area contributed by atoms with Crippen LogP contribution in [0.4, 0.5) is 0 Å². The molecule has 7 heteroatoms. The predicted molar refractivity (Wildman–Crippen MR) is 83.5 cm³/mol. The maximum absolute atomic E-state index is 11.8. The van der Waals surface area contributed by atoms with Crippen molar-refractivity contribution in [1.29, 1.82) is 0 Å². The molecule has 0 atom stereocenters. The number of carbonyl (C=O) groups is 1. The highest BCUT2D eigenvalue weighted by Gasteiger charge is 2.17. The summed E-state index contributed by atoms with van der Waals surface area (Å²) in [6.07, 6.45) is 4.51. The molecule has 0 aliphatic heterocycles. The number of carbonyl (C=O) groups excluding carboxylic acids is 1. The Morgan fingerprint density at radius 2 is 1.95 bits per heavy atom. The van der Waals surface area contributed by atoms with Gasteiger partial charge in [-0.05, 0) is 12.8 Å². The predicted octanol–water partition coefficient (Wildman–Crippen LogP) is 0.376. The van der Waals surface area contributed by atoms with Crippen molar-refractivity contribution in [1.82, 2.24) is 14.5 Å². The highest BCUT2D eigenvalue weighted by Crippen LogP contribution is 2.18. The molecule has 1 fully saturated rings. The normalized spacial score (nSPS) is 15.3. The fourth-order valence-electron chi connectivity index (χ4n) is 2.50. The second-order valence-electron chi connectivity index (χ2n) is 5.42. The third kappa shape index (κ3) is 4.00. The Labute approximate surface area is 127 Å². The van der Waals surface area contributed by atoms with E-state index in [0.29, 0.717) is 23.2 Å². The van der Waals surface area contributed by atoms with Crippen molar-refractivity contribution in [2.75, 3.05) is 5.75 Å². The minimum Gasteiger partial charge on any atom is -0.353 e. The summed E-state index contributed by atoms with van der Waals surface area (Å²) in [6, 6.07) is 1.77. The van der Waals surface area contributed by atoms with Gasteiger partial charge in [-0.2, -0.15) is 0 Å². The van der Waals surface area contributed by atoms with E-state index in [9.17, 15) is 14.4 Å². The molecule has 6 nitrogen and oxygen atoms in total. The standard InChI is InChI=1S/C14H21N3O3S/c1-16-11(7-13(19)17(2)14(16)20)8-21-9-12(18)15-10-5-3-4-6-10/h7,10H,3-6,8-9H2,1-2H3,(H,15,18). The maximum atomic E-state index is 11.8. The van der Waals surface area contributed by atoms with E-state index < -0.39 is 0 Å². The minimum atomic E-state index is -0.339. The van der Waals surface area contributed by atoms with Crippen LogP contribution in [0, 0.1) is 0 Å². The van der Waals surface area contributed by atoms with Gasteiger partial charge in [0, 0.05) is 37.7 Å². The third-order valence-electron chi connectivity index (χ3n) is 3.83. The molecule has 0 spiro atoms. The first-order chi connectivity index (χ1) is 9.99. The smallest absolute Gasteiger partial charge is 0.330 e. The lowest BCUT2D eigenvalue weighted by atomic mass is 10.2. The van der Waals surface area contributed by atoms with Crippen LogP contribution in [0.3, 0.4) is 0 Å². The molecule has 1 saturated carbocycles. The van der Waals surface area contributed by atoms with Crippen LogP contribution in [0.2, 0.25) is 0 Å². The first-order valence-electron chi connectivity index (χ1n) is 7.12. The number of aromatic nitrogens is 2. The molecule has 1 amide bonds. The molecular weight excluding hydrogens is 290 g/mol. The van der Waals surface area contributed by atoms with Crippen molar-refractivity contribution in [2.24, 2.45) is 14.1 Å². The zero-order valence-electron chi connectivity index (χ0n) is 12.4. The van der Waals surface area contributed by atoms with Gasteiger partial charge in [-0.15, -0.1) is 11.8 Å². The number of thioether (sulfide) groups is 1. The Bertz CT molecular complexity index is 629. The summed E-state index contributed by atoms with van der Waals surface area (Å²) in [5.74, 6) is 0.848. The second-order valence-corrected chi connectivity index (χ2v) is 6.40. The van der Waals surface area contributed by atoms with E-state index in [0.717, 1.165) is 17.4 Å². The Morgan fingerprint density at radius 1 is 1.29 bits per heavy atom. The average Bonchev–Trinajstić information content (AvgIpc) is 2.95. The minimum absolute atomic E-state index is 0.0285. The number of rotatable bonds is 5. The van der Waals surface area contributed by atoms with Crippen LogP contribution in [0.1, 0.15) is 31.4 Å². The van der Waals surface area contributed by atoms with Crippen molar-refractivity contribution < 1.29 is 4.79 Å². The Kier molecular flexibility index (Phi) is 5.27. The van der Waals surface area contributed by atoms with Gasteiger partial charge in [0.25, 0.3) is 5.56 Å². The van der Waals surface area contributed by atoms with E-state index in [1.54, 1.807) is 7.05 Å². The molecule has 1 N–H and O–H groups in total. The SMILES string of the molecule is Cn1c(CSCC(=O)NC2CCCC2)cc(=O)n(C)c1=O. The zero-order chi connectivity index (χ0) is 15.4. The molecule has 0 saturated heterocycles. The zero-order valence-corrected chi connectivity index (χ0v) is 13.2. The van der Waals surface area contributed by atoms with Crippen LogP contribution >= 0.6 is 11.8 Å². The summed E-state index contributed by atoms with van der Waals surface area (Å²) < 4.78 is 2.52. The second kappa shape index (κ2) is 6.98. The van der Waals surface area contributed by atoms with Gasteiger partial charge in [-0.1, -0.05) is 12.8 Å². The molecule has 0 radical (unpaired) electrons. The molecule has 116 valence electrons. The molecular formula is C14H21N3O3S. The van der Waals surface area contributed by atoms with E-state index in [-0.39, 0.29) is 17.2 Å². The van der Waals surface area contributed by atoms with Crippen LogP contribution in [0.25, 0.3) is 0 Å². The van der Waals surface area contributed by atoms with Crippen LogP contribution in [-0.4, -0.2) is 26.8 Å². The van der Waals surface area contributed by atoms with Gasteiger partial charge in [-0.3, -0.25) is 18.7 Å². The number of nitrogens with zero attached hydrogens (tertiary/aromatic N) is 2. The van der Waals surface area contributed by atoms with Crippen LogP contribution in [0.15, 0.2) is 15.7 Å². The average molecular weight is 311 g/mol. The Balaban J connectivity index is 1.87. The summed E-state index contributed by atoms with van der Waals surface area (Å²) in [5, 5.41) is 3.02. The van der Waals surface area contributed by atoms with Gasteiger partial charge in [0.15, 0.2) is 0 Å². The van der Waals surface area contributed by atoms with E-state index in [1.165, 1.54) is 42.3 Å². The lowest BCUT2D eigenvalue weighted by Crippen LogP contribution is -2.38. The summed E-state index contributed by atoms with van der Waals surface area (Å²) in [5.41, 5.74) is -0.0145. The van der Waals surface area contributed by atoms with Gasteiger partial charge >= 0.3 is 5.69 Å². The lowest BCUT2D eigenvalue weighted by molar-refractivity contribution is -0.119. The molecule has 2 rings (SSSR count). The van der Waals surface area contributed by atoms with Crippen molar-refractivity contribution in [2.45, 2.75) is 37.5 Å². The van der Waals surface area contributed by atoms with E-state index >= 15 is 0 Å². The highest BCUT2D eigenvalue weighted by atomic mass is 32.2. The van der Waals surface area contributed by atoms with Gasteiger partial charge in [-0.25, -0.2) is 4.79 Å². The Morgan fingerprint density at radius 3 is 2.62 bits per heavy atom. The number of hydrogen-bond donors (Lipinski definition) is 1. The maximum Gasteiger partial charge on any atom is 0.330 e. The van der Waals surface area contributed by atoms with Gasteiger partial charge in [0.2, 0.25) is 5.91 Å². The number of amides is 1. The summed E-state index contributed by atoms with van der Waals surface area (Å²) in [6.45, 7) is 0. The number of hydrogen-bond acceptors (Lipinski definition) is 4. The van der Waals surface area contributed by atoms with Crippen LogP contribution in [0.5, 0.6) is 0 Å². The van der Waals surface area contributed by atoms with Crippen molar-refractivity contribution in [3.05, 3.63) is 32.6 Å². The molecule has 1 aliphatic carbocycles. The van der Waals surface area contributed by atoms with Crippen molar-refractivity contribution in [3.8, 4) is 0 Å². The van der Waals surface area contributed by atoms with Crippen LogP contribution in [-0.2, 0) is 24.6 Å². The largest absolute Gasteiger partial charge is 0.353 e. The first-order valence-corrected chi connectivity index (χ1v) is 8.27. The van der Waals surface area contributed by atoms with Gasteiger partial charge in [0.1, 0.15) is 0 Å². The molecule has 1 heterocycles. The third-order valence-corrected chi connectivity index (χ3v) is 4.79. The molecule has 21 heavy (non-hydrogen) atoms. The monoisotopic (exact) mass is 311 g/mol. The van der Waals surface area contributed by atoms with E-state index in [2.05, 4.69) is 5.32 Å². The topological polar surface area (TPSA) is 73.1 Å². The van der Waals surface area contributed by atoms with E-state index in [1.807, 2.05) is 0 Å². The van der Waals surface area contributed by atoms with Crippen LogP contribution < -0.4 is 16.6 Å². The molecule has 0 aromatic carbocycles. The summed E-state index contributed by atoms with van der Waals surface area (Å²) >= 11 is 1.42. The van der Waals surface area contributed by atoms with Crippen molar-refractivity contribution in [3.63, 3.8) is 0 Å². The molecule has 1 aromatic rings. The fourth-order valence-corrected chi connectivity index (χ4v) is 3.36. The Hall–Kier alpha value is -1.50. The quantitative estimate of drug-likeness (QED) is 0.853. The lowest BCUT2D eigenvalue weighted by Gasteiger charge is -2.12. The molecule has 1 aromatic heterocycles. The fraction of sp³-hybridized carbons (Fsp3) is 0.643.